The molecule has 1 aromatic heterocycles. The van der Waals surface area contributed by atoms with Crippen LogP contribution in [0.15, 0.2) is 48.7 Å². The fraction of sp³-hybridized carbons (Fsp3) is 0.0667. The molecule has 1 heterocycles. The molecule has 2 aromatic carbocycles. The number of hydrogen-bond acceptors (Lipinski definition) is 3. The van der Waals surface area contributed by atoms with E-state index in [1.807, 2.05) is 6.07 Å². The number of alkyl halides is 3. The van der Waals surface area contributed by atoms with E-state index in [1.165, 1.54) is 12.1 Å². The molecular weight excluding hydrogens is 311 g/mol. The number of halogens is 3. The molecule has 0 saturated carbocycles. The molecule has 0 atom stereocenters. The van der Waals surface area contributed by atoms with Gasteiger partial charge in [0.15, 0.2) is 0 Å². The van der Waals surface area contributed by atoms with Crippen molar-refractivity contribution in [3.63, 3.8) is 0 Å². The molecule has 2 N–H and O–H groups in total. The first-order chi connectivity index (χ1) is 10.9. The number of nitrogens with zero attached hydrogens (tertiary/aromatic N) is 1. The second-order valence-electron chi connectivity index (χ2n) is 4.67. The molecule has 118 valence electrons. The average molecular weight is 321 g/mol. The van der Waals surface area contributed by atoms with E-state index in [0.29, 0.717) is 11.2 Å². The fourth-order valence-corrected chi connectivity index (χ4v) is 2.08. The first-order valence-corrected chi connectivity index (χ1v) is 6.52. The Morgan fingerprint density at radius 2 is 1.87 bits per heavy atom. The molecule has 5 nitrogen and oxygen atoms in total. The van der Waals surface area contributed by atoms with E-state index in [9.17, 15) is 18.0 Å². The molecule has 0 aliphatic rings. The maximum Gasteiger partial charge on any atom is 0.573 e. The molecule has 3 aromatic rings. The number of ether oxygens (including phenoxy) is 1. The summed E-state index contributed by atoms with van der Waals surface area (Å²) < 4.78 is 40.0. The Morgan fingerprint density at radius 3 is 2.57 bits per heavy atom. The summed E-state index contributed by atoms with van der Waals surface area (Å²) in [6.45, 7) is 0. The summed E-state index contributed by atoms with van der Waals surface area (Å²) in [5.41, 5.74) is 1.40. The van der Waals surface area contributed by atoms with Crippen molar-refractivity contribution in [1.82, 2.24) is 10.2 Å². The highest BCUT2D eigenvalue weighted by Crippen LogP contribution is 2.24. The van der Waals surface area contributed by atoms with Gasteiger partial charge in [0.05, 0.1) is 17.4 Å². The smallest absolute Gasteiger partial charge is 0.406 e. The summed E-state index contributed by atoms with van der Waals surface area (Å²) >= 11 is 0. The van der Waals surface area contributed by atoms with Gasteiger partial charge in [-0.15, -0.1) is 13.2 Å². The van der Waals surface area contributed by atoms with Crippen LogP contribution in [-0.4, -0.2) is 22.5 Å². The Balaban J connectivity index is 1.77. The van der Waals surface area contributed by atoms with Gasteiger partial charge in [0.25, 0.3) is 5.91 Å². The van der Waals surface area contributed by atoms with Crippen LogP contribution in [0, 0.1) is 0 Å². The molecular formula is C15H10F3N3O2. The van der Waals surface area contributed by atoms with Crippen molar-refractivity contribution in [2.75, 3.05) is 5.32 Å². The van der Waals surface area contributed by atoms with Gasteiger partial charge in [-0.1, -0.05) is 12.1 Å². The van der Waals surface area contributed by atoms with Crippen LogP contribution in [0.1, 0.15) is 10.4 Å². The van der Waals surface area contributed by atoms with Crippen LogP contribution in [0.4, 0.5) is 18.9 Å². The van der Waals surface area contributed by atoms with E-state index in [-0.39, 0.29) is 11.3 Å². The summed E-state index contributed by atoms with van der Waals surface area (Å²) in [5.74, 6) is -0.838. The van der Waals surface area contributed by atoms with Gasteiger partial charge < -0.3 is 10.1 Å². The van der Waals surface area contributed by atoms with Gasteiger partial charge >= 0.3 is 6.36 Å². The lowest BCUT2D eigenvalue weighted by atomic mass is 10.2. The topological polar surface area (TPSA) is 67.0 Å². The minimum Gasteiger partial charge on any atom is -0.406 e. The van der Waals surface area contributed by atoms with Crippen LogP contribution in [0.5, 0.6) is 5.75 Å². The average Bonchev–Trinajstić information content (AvgIpc) is 2.96. The Bertz CT molecular complexity index is 841. The summed E-state index contributed by atoms with van der Waals surface area (Å²) in [5, 5.41) is 10.2. The third-order valence-corrected chi connectivity index (χ3v) is 3.07. The van der Waals surface area contributed by atoms with Crippen molar-refractivity contribution in [1.29, 1.82) is 0 Å². The third kappa shape index (κ3) is 3.42. The minimum absolute atomic E-state index is 0.205. The molecule has 0 fully saturated rings. The van der Waals surface area contributed by atoms with Gasteiger partial charge in [-0.25, -0.2) is 0 Å². The largest absolute Gasteiger partial charge is 0.573 e. The molecule has 0 aliphatic heterocycles. The first-order valence-electron chi connectivity index (χ1n) is 6.52. The van der Waals surface area contributed by atoms with E-state index in [4.69, 9.17) is 0 Å². The number of hydrogen-bond donors (Lipinski definition) is 2. The molecule has 0 radical (unpaired) electrons. The van der Waals surface area contributed by atoms with Gasteiger partial charge in [-0.2, -0.15) is 5.10 Å². The molecule has 8 heteroatoms. The Kier molecular flexibility index (Phi) is 3.65. The molecule has 0 spiro atoms. The number of amides is 1. The number of H-pyrrole nitrogens is 1. The summed E-state index contributed by atoms with van der Waals surface area (Å²) in [6.07, 6.45) is -3.14. The van der Waals surface area contributed by atoms with Crippen molar-refractivity contribution in [3.05, 3.63) is 54.2 Å². The Hall–Kier alpha value is -3.03. The summed E-state index contributed by atoms with van der Waals surface area (Å²) in [6, 6.07) is 9.95. The number of benzene rings is 2. The molecule has 0 unspecified atom stereocenters. The number of aromatic amines is 1. The SMILES string of the molecule is O=C(Nc1cccc2cn[nH]c12)c1ccc(OC(F)(F)F)cc1. The predicted molar refractivity (Wildman–Crippen MR) is 77.2 cm³/mol. The van der Waals surface area contributed by atoms with Gasteiger partial charge in [0.2, 0.25) is 0 Å². The lowest BCUT2D eigenvalue weighted by Crippen LogP contribution is -2.17. The van der Waals surface area contributed by atoms with E-state index < -0.39 is 12.3 Å². The van der Waals surface area contributed by atoms with Gasteiger partial charge in [-0.3, -0.25) is 9.89 Å². The van der Waals surface area contributed by atoms with Crippen molar-refractivity contribution in [2.24, 2.45) is 0 Å². The van der Waals surface area contributed by atoms with E-state index in [2.05, 4.69) is 20.3 Å². The predicted octanol–water partition coefficient (Wildman–Crippen LogP) is 3.71. The van der Waals surface area contributed by atoms with E-state index in [0.717, 1.165) is 17.5 Å². The van der Waals surface area contributed by atoms with Gasteiger partial charge in [0, 0.05) is 10.9 Å². The summed E-state index contributed by atoms with van der Waals surface area (Å²) in [7, 11) is 0. The maximum absolute atomic E-state index is 12.2. The number of anilines is 1. The van der Waals surface area contributed by atoms with Crippen molar-refractivity contribution in [3.8, 4) is 5.75 Å². The molecule has 0 aliphatic carbocycles. The van der Waals surface area contributed by atoms with Crippen LogP contribution >= 0.6 is 0 Å². The van der Waals surface area contributed by atoms with E-state index >= 15 is 0 Å². The van der Waals surface area contributed by atoms with Crippen molar-refractivity contribution >= 4 is 22.5 Å². The zero-order valence-electron chi connectivity index (χ0n) is 11.5. The molecule has 0 saturated heterocycles. The van der Waals surface area contributed by atoms with Crippen molar-refractivity contribution in [2.45, 2.75) is 6.36 Å². The van der Waals surface area contributed by atoms with Crippen LogP contribution in [-0.2, 0) is 0 Å². The lowest BCUT2D eigenvalue weighted by Gasteiger charge is -2.10. The van der Waals surface area contributed by atoms with Gasteiger partial charge in [-0.05, 0) is 30.3 Å². The minimum atomic E-state index is -4.76. The number of carbonyl (C=O) groups excluding carboxylic acids is 1. The van der Waals surface area contributed by atoms with Crippen LogP contribution < -0.4 is 10.1 Å². The van der Waals surface area contributed by atoms with Crippen LogP contribution in [0.25, 0.3) is 10.9 Å². The number of para-hydroxylation sites is 1. The van der Waals surface area contributed by atoms with Crippen LogP contribution in [0.3, 0.4) is 0 Å². The molecule has 3 rings (SSSR count). The normalized spacial score (nSPS) is 11.4. The third-order valence-electron chi connectivity index (χ3n) is 3.07. The number of aromatic nitrogens is 2. The van der Waals surface area contributed by atoms with Gasteiger partial charge in [0.1, 0.15) is 5.75 Å². The highest BCUT2D eigenvalue weighted by molar-refractivity contribution is 6.08. The number of nitrogens with one attached hydrogen (secondary N) is 2. The lowest BCUT2D eigenvalue weighted by molar-refractivity contribution is -0.274. The molecule has 1 amide bonds. The van der Waals surface area contributed by atoms with Crippen LogP contribution in [0.2, 0.25) is 0 Å². The molecule has 0 bridgehead atoms. The standard InChI is InChI=1S/C15H10F3N3O2/c16-15(17,18)23-11-6-4-9(5-7-11)14(22)20-12-3-1-2-10-8-19-21-13(10)12/h1-8H,(H,19,21)(H,20,22). The monoisotopic (exact) mass is 321 g/mol. The quantitative estimate of drug-likeness (QED) is 0.773. The Morgan fingerprint density at radius 1 is 1.13 bits per heavy atom. The maximum atomic E-state index is 12.2. The Labute approximate surface area is 128 Å². The zero-order chi connectivity index (χ0) is 16.4. The zero-order valence-corrected chi connectivity index (χ0v) is 11.5. The number of fused-ring (bicyclic) bond motifs is 1. The van der Waals surface area contributed by atoms with Crippen molar-refractivity contribution < 1.29 is 22.7 Å². The molecule has 23 heavy (non-hydrogen) atoms. The second kappa shape index (κ2) is 5.64. The highest BCUT2D eigenvalue weighted by Gasteiger charge is 2.31. The highest BCUT2D eigenvalue weighted by atomic mass is 19.4. The number of rotatable bonds is 3. The first kappa shape index (κ1) is 14.9. The number of carbonyl (C=O) groups is 1. The second-order valence-corrected chi connectivity index (χ2v) is 4.67. The van der Waals surface area contributed by atoms with E-state index in [1.54, 1.807) is 18.3 Å². The fourth-order valence-electron chi connectivity index (χ4n) is 2.08. The summed E-state index contributed by atoms with van der Waals surface area (Å²) in [4.78, 5) is 12.2.